The molecule has 21 heavy (non-hydrogen) atoms. The molecule has 2 unspecified atom stereocenters. The van der Waals surface area contributed by atoms with Gasteiger partial charge < -0.3 is 10.2 Å². The normalized spacial score (nSPS) is 21.5. The van der Waals surface area contributed by atoms with Gasteiger partial charge in [-0.15, -0.1) is 0 Å². The Balaban J connectivity index is 2.50. The summed E-state index contributed by atoms with van der Waals surface area (Å²) in [4.78, 5) is 22.9. The number of anilines is 1. The molecule has 0 spiro atoms. The van der Waals surface area contributed by atoms with Crippen molar-refractivity contribution in [3.05, 3.63) is 30.1 Å². The molecule has 1 aromatic rings. The average molecular weight is 294 g/mol. The first-order chi connectivity index (χ1) is 9.82. The molecule has 0 saturated heterocycles. The summed E-state index contributed by atoms with van der Waals surface area (Å²) in [5.74, 6) is -3.84. The van der Waals surface area contributed by atoms with E-state index in [0.29, 0.717) is 5.69 Å². The van der Waals surface area contributed by atoms with Gasteiger partial charge in [-0.1, -0.05) is 13.8 Å². The number of hydrogen-bond acceptors (Lipinski definition) is 4. The zero-order valence-electron chi connectivity index (χ0n) is 11.5. The number of carboxylic acid groups (broad SMARTS) is 2. The second-order valence-electron chi connectivity index (χ2n) is 5.16. The molecule has 0 fully saturated rings. The molecular formula is C14H15FN2O4. The zero-order chi connectivity index (χ0) is 15.7. The summed E-state index contributed by atoms with van der Waals surface area (Å²) in [5, 5.41) is 23.7. The monoisotopic (exact) mass is 294 g/mol. The zero-order valence-corrected chi connectivity index (χ0v) is 11.5. The van der Waals surface area contributed by atoms with Gasteiger partial charge in [-0.05, 0) is 30.2 Å². The van der Waals surface area contributed by atoms with Gasteiger partial charge >= 0.3 is 11.9 Å². The second kappa shape index (κ2) is 5.51. The highest BCUT2D eigenvalue weighted by Crippen LogP contribution is 2.33. The van der Waals surface area contributed by atoms with Gasteiger partial charge in [0, 0.05) is 5.92 Å². The van der Waals surface area contributed by atoms with E-state index < -0.39 is 29.7 Å². The van der Waals surface area contributed by atoms with Crippen LogP contribution in [-0.2, 0) is 9.59 Å². The number of halogens is 1. The summed E-state index contributed by atoms with van der Waals surface area (Å²) in [6.07, 6.45) is 0. The van der Waals surface area contributed by atoms with E-state index in [2.05, 4.69) is 5.10 Å². The minimum atomic E-state index is -1.25. The predicted molar refractivity (Wildman–Crippen MR) is 73.7 cm³/mol. The van der Waals surface area contributed by atoms with E-state index in [1.807, 2.05) is 0 Å². The van der Waals surface area contributed by atoms with E-state index in [1.165, 1.54) is 24.3 Å². The fraction of sp³-hybridized carbons (Fsp3) is 0.357. The third-order valence-electron chi connectivity index (χ3n) is 3.42. The molecule has 2 atom stereocenters. The molecule has 0 aliphatic carbocycles. The van der Waals surface area contributed by atoms with Crippen molar-refractivity contribution in [3.8, 4) is 0 Å². The molecule has 1 aliphatic rings. The lowest BCUT2D eigenvalue weighted by atomic mass is 9.85. The fourth-order valence-corrected chi connectivity index (χ4v) is 2.48. The van der Waals surface area contributed by atoms with Crippen LogP contribution >= 0.6 is 0 Å². The number of hydrogen-bond donors (Lipinski definition) is 2. The topological polar surface area (TPSA) is 90.2 Å². The molecule has 112 valence electrons. The van der Waals surface area contributed by atoms with Crippen LogP contribution in [0.15, 0.2) is 29.4 Å². The van der Waals surface area contributed by atoms with Gasteiger partial charge in [0.15, 0.2) is 11.8 Å². The second-order valence-corrected chi connectivity index (χ2v) is 5.16. The molecule has 1 heterocycles. The van der Waals surface area contributed by atoms with Crippen molar-refractivity contribution in [1.82, 2.24) is 0 Å². The largest absolute Gasteiger partial charge is 0.480 e. The Hall–Kier alpha value is -2.44. The molecule has 0 saturated carbocycles. The van der Waals surface area contributed by atoms with Crippen LogP contribution in [0.3, 0.4) is 0 Å². The van der Waals surface area contributed by atoms with Gasteiger partial charge in [0.1, 0.15) is 5.82 Å². The number of aliphatic carboxylic acids is 2. The highest BCUT2D eigenvalue weighted by atomic mass is 19.1. The Kier molecular flexibility index (Phi) is 3.93. The van der Waals surface area contributed by atoms with Crippen molar-refractivity contribution in [2.45, 2.75) is 19.9 Å². The number of carboxylic acids is 2. The molecule has 2 rings (SSSR count). The molecule has 6 nitrogen and oxygen atoms in total. The lowest BCUT2D eigenvalue weighted by molar-refractivity contribution is -0.139. The standard InChI is InChI=1S/C14H15FN2O4/c1-7(2)10-11(13(18)19)16-17(12(10)14(20)21)9-5-3-8(15)4-6-9/h3-7,10,12H,1-2H3,(H,18,19)(H,20,21). The number of benzene rings is 1. The number of nitrogens with zero attached hydrogens (tertiary/aromatic N) is 2. The van der Waals surface area contributed by atoms with Crippen LogP contribution in [0.25, 0.3) is 0 Å². The number of rotatable bonds is 4. The van der Waals surface area contributed by atoms with Crippen molar-refractivity contribution in [2.24, 2.45) is 16.9 Å². The Morgan fingerprint density at radius 2 is 1.81 bits per heavy atom. The maximum atomic E-state index is 13.0. The maximum absolute atomic E-state index is 13.0. The molecule has 0 radical (unpaired) electrons. The Morgan fingerprint density at radius 3 is 2.24 bits per heavy atom. The molecular weight excluding hydrogens is 279 g/mol. The molecule has 0 amide bonds. The van der Waals surface area contributed by atoms with Crippen molar-refractivity contribution in [1.29, 1.82) is 0 Å². The summed E-state index contributed by atoms with van der Waals surface area (Å²) in [6.45, 7) is 3.49. The van der Waals surface area contributed by atoms with Gasteiger partial charge in [-0.25, -0.2) is 19.0 Å². The van der Waals surface area contributed by atoms with E-state index >= 15 is 0 Å². The van der Waals surface area contributed by atoms with Crippen LogP contribution in [0, 0.1) is 17.7 Å². The summed E-state index contributed by atoms with van der Waals surface area (Å²) >= 11 is 0. The van der Waals surface area contributed by atoms with Crippen molar-refractivity contribution in [3.63, 3.8) is 0 Å². The molecule has 7 heteroatoms. The van der Waals surface area contributed by atoms with Gasteiger partial charge in [0.25, 0.3) is 0 Å². The predicted octanol–water partition coefficient (Wildman–Crippen LogP) is 1.81. The molecule has 1 aromatic carbocycles. The summed E-state index contributed by atoms with van der Waals surface area (Å²) in [5.41, 5.74) is 0.146. The van der Waals surface area contributed by atoms with Crippen LogP contribution in [0.2, 0.25) is 0 Å². The third kappa shape index (κ3) is 2.72. The van der Waals surface area contributed by atoms with Crippen LogP contribution in [0.5, 0.6) is 0 Å². The van der Waals surface area contributed by atoms with Crippen LogP contribution in [0.1, 0.15) is 13.8 Å². The molecule has 1 aliphatic heterocycles. The molecule has 0 bridgehead atoms. The SMILES string of the molecule is CC(C)C1C(C(=O)O)=NN(c2ccc(F)cc2)C1C(=O)O. The van der Waals surface area contributed by atoms with Crippen LogP contribution in [-0.4, -0.2) is 33.9 Å². The van der Waals surface area contributed by atoms with E-state index in [-0.39, 0.29) is 11.6 Å². The van der Waals surface area contributed by atoms with Gasteiger partial charge in [0.05, 0.1) is 5.69 Å². The minimum absolute atomic E-state index is 0.193. The Morgan fingerprint density at radius 1 is 1.24 bits per heavy atom. The summed E-state index contributed by atoms with van der Waals surface area (Å²) in [6, 6.07) is 3.97. The lowest BCUT2D eigenvalue weighted by Gasteiger charge is -2.26. The van der Waals surface area contributed by atoms with Gasteiger partial charge in [-0.3, -0.25) is 0 Å². The Labute approximate surface area is 120 Å². The lowest BCUT2D eigenvalue weighted by Crippen LogP contribution is -2.43. The average Bonchev–Trinajstić information content (AvgIpc) is 2.80. The number of carbonyl (C=O) groups is 2. The summed E-state index contributed by atoms with van der Waals surface area (Å²) < 4.78 is 13.0. The first kappa shape index (κ1) is 15.0. The first-order valence-electron chi connectivity index (χ1n) is 6.42. The molecule has 2 N–H and O–H groups in total. The summed E-state index contributed by atoms with van der Waals surface area (Å²) in [7, 11) is 0. The fourth-order valence-electron chi connectivity index (χ4n) is 2.48. The quantitative estimate of drug-likeness (QED) is 0.884. The van der Waals surface area contributed by atoms with Crippen LogP contribution in [0.4, 0.5) is 10.1 Å². The van der Waals surface area contributed by atoms with E-state index in [1.54, 1.807) is 13.8 Å². The van der Waals surface area contributed by atoms with Gasteiger partial charge in [-0.2, -0.15) is 5.10 Å². The van der Waals surface area contributed by atoms with Gasteiger partial charge in [0.2, 0.25) is 0 Å². The Bertz CT molecular complexity index is 597. The minimum Gasteiger partial charge on any atom is -0.480 e. The van der Waals surface area contributed by atoms with Crippen molar-refractivity contribution >= 4 is 23.3 Å². The van der Waals surface area contributed by atoms with Crippen LogP contribution < -0.4 is 5.01 Å². The van der Waals surface area contributed by atoms with E-state index in [4.69, 9.17) is 0 Å². The first-order valence-corrected chi connectivity index (χ1v) is 6.42. The third-order valence-corrected chi connectivity index (χ3v) is 3.42. The smallest absolute Gasteiger partial charge is 0.352 e. The molecule has 0 aromatic heterocycles. The highest BCUT2D eigenvalue weighted by Gasteiger charge is 2.46. The van der Waals surface area contributed by atoms with Crippen molar-refractivity contribution in [2.75, 3.05) is 5.01 Å². The highest BCUT2D eigenvalue weighted by molar-refractivity contribution is 6.38. The maximum Gasteiger partial charge on any atom is 0.352 e. The number of hydrazone groups is 1. The van der Waals surface area contributed by atoms with E-state index in [0.717, 1.165) is 5.01 Å². The van der Waals surface area contributed by atoms with Crippen molar-refractivity contribution < 1.29 is 24.2 Å². The van der Waals surface area contributed by atoms with E-state index in [9.17, 15) is 24.2 Å².